The van der Waals surface area contributed by atoms with Gasteiger partial charge in [0.1, 0.15) is 10.8 Å². The number of ether oxygens (including phenoxy) is 1. The van der Waals surface area contributed by atoms with Gasteiger partial charge in [-0.2, -0.15) is 0 Å². The highest BCUT2D eigenvalue weighted by molar-refractivity contribution is 7.99. The number of piperidine rings is 1. The second kappa shape index (κ2) is 8.33. The summed E-state index contributed by atoms with van der Waals surface area (Å²) in [6.45, 7) is 4.60. The monoisotopic (exact) mass is 471 g/mol. The molecule has 1 aromatic carbocycles. The van der Waals surface area contributed by atoms with Crippen LogP contribution in [0.25, 0.3) is 10.8 Å². The topological polar surface area (TPSA) is 86.3 Å². The smallest absolute Gasteiger partial charge is 0.259 e. The molecule has 5 rings (SSSR count). The average molecular weight is 472 g/mol. The van der Waals surface area contributed by atoms with Crippen molar-refractivity contribution in [2.75, 3.05) is 24.6 Å². The standard InChI is InChI=1S/C23H26ClN5O2S/c1-14-21(25)23(13-31-14)6-9-29(10-7-23)17-11-27-18(12-26-17)32-16-4-3-15-5-8-28(2)22(30)19(15)20(16)24/h3-5,8,11-12,14,21H,6-7,9-10,13,25H2,1-2H3/t14-,21+/m0/s1. The molecule has 2 fully saturated rings. The van der Waals surface area contributed by atoms with Gasteiger partial charge < -0.3 is 19.9 Å². The lowest BCUT2D eigenvalue weighted by atomic mass is 9.73. The Bertz CT molecular complexity index is 1210. The van der Waals surface area contributed by atoms with E-state index in [9.17, 15) is 4.79 Å². The number of pyridine rings is 1. The molecule has 32 heavy (non-hydrogen) atoms. The van der Waals surface area contributed by atoms with Crippen LogP contribution >= 0.6 is 23.4 Å². The van der Waals surface area contributed by atoms with Gasteiger partial charge >= 0.3 is 0 Å². The van der Waals surface area contributed by atoms with E-state index in [2.05, 4.69) is 21.8 Å². The van der Waals surface area contributed by atoms with Gasteiger partial charge in [-0.3, -0.25) is 4.79 Å². The summed E-state index contributed by atoms with van der Waals surface area (Å²) in [5.41, 5.74) is 6.40. The first-order valence-corrected chi connectivity index (χ1v) is 12.0. The Hall–Kier alpha value is -2.13. The fourth-order valence-corrected chi connectivity index (χ4v) is 5.87. The molecule has 2 N–H and O–H groups in total. The Balaban J connectivity index is 1.30. The molecular formula is C23H26ClN5O2S. The number of aryl methyl sites for hydroxylation is 1. The number of fused-ring (bicyclic) bond motifs is 1. The van der Waals surface area contributed by atoms with Crippen molar-refractivity contribution in [3.05, 3.63) is 52.2 Å². The highest BCUT2D eigenvalue weighted by atomic mass is 35.5. The maximum absolute atomic E-state index is 12.5. The molecule has 0 radical (unpaired) electrons. The molecule has 2 aliphatic rings. The molecule has 0 amide bonds. The quantitative estimate of drug-likeness (QED) is 0.625. The largest absolute Gasteiger partial charge is 0.376 e. The Morgan fingerprint density at radius 1 is 1.22 bits per heavy atom. The van der Waals surface area contributed by atoms with Crippen LogP contribution in [-0.2, 0) is 11.8 Å². The minimum atomic E-state index is -0.110. The minimum absolute atomic E-state index is 0.0863. The molecule has 2 aliphatic heterocycles. The second-order valence-corrected chi connectivity index (χ2v) is 10.2. The summed E-state index contributed by atoms with van der Waals surface area (Å²) in [5, 5.41) is 2.53. The van der Waals surface area contributed by atoms with E-state index in [0.717, 1.165) is 53.7 Å². The van der Waals surface area contributed by atoms with E-state index in [0.29, 0.717) is 10.4 Å². The summed E-state index contributed by atoms with van der Waals surface area (Å²) in [6.07, 6.45) is 7.44. The minimum Gasteiger partial charge on any atom is -0.376 e. The van der Waals surface area contributed by atoms with E-state index in [-0.39, 0.29) is 23.1 Å². The Labute approximate surface area is 195 Å². The van der Waals surface area contributed by atoms with Crippen LogP contribution in [0.15, 0.2) is 51.5 Å². The number of benzene rings is 1. The number of hydrogen-bond acceptors (Lipinski definition) is 7. The van der Waals surface area contributed by atoms with Crippen molar-refractivity contribution in [3.8, 4) is 0 Å². The van der Waals surface area contributed by atoms with Crippen molar-refractivity contribution >= 4 is 40.0 Å². The molecule has 4 heterocycles. The first-order valence-electron chi connectivity index (χ1n) is 10.8. The van der Waals surface area contributed by atoms with E-state index in [1.54, 1.807) is 19.4 Å². The molecule has 2 aromatic heterocycles. The van der Waals surface area contributed by atoms with Gasteiger partial charge in [0.2, 0.25) is 0 Å². The van der Waals surface area contributed by atoms with Crippen molar-refractivity contribution in [1.29, 1.82) is 0 Å². The molecular weight excluding hydrogens is 446 g/mol. The molecule has 9 heteroatoms. The lowest BCUT2D eigenvalue weighted by Crippen LogP contribution is -2.50. The van der Waals surface area contributed by atoms with Gasteiger partial charge in [-0.15, -0.1) is 0 Å². The third-order valence-electron chi connectivity index (χ3n) is 6.91. The van der Waals surface area contributed by atoms with Crippen LogP contribution in [-0.4, -0.2) is 46.4 Å². The second-order valence-electron chi connectivity index (χ2n) is 8.78. The predicted molar refractivity (Wildman–Crippen MR) is 128 cm³/mol. The molecule has 2 saturated heterocycles. The van der Waals surface area contributed by atoms with Crippen LogP contribution in [0.4, 0.5) is 5.82 Å². The van der Waals surface area contributed by atoms with Crippen molar-refractivity contribution in [1.82, 2.24) is 14.5 Å². The number of nitrogens with zero attached hydrogens (tertiary/aromatic N) is 4. The summed E-state index contributed by atoms with van der Waals surface area (Å²) in [4.78, 5) is 24.8. The maximum atomic E-state index is 12.5. The molecule has 0 bridgehead atoms. The molecule has 7 nitrogen and oxygen atoms in total. The lowest BCUT2D eigenvalue weighted by Gasteiger charge is -2.41. The first-order chi connectivity index (χ1) is 15.4. The van der Waals surface area contributed by atoms with E-state index in [1.807, 2.05) is 24.4 Å². The highest BCUT2D eigenvalue weighted by Crippen LogP contribution is 2.42. The Kier molecular flexibility index (Phi) is 5.65. The third kappa shape index (κ3) is 3.69. The van der Waals surface area contributed by atoms with Crippen LogP contribution in [0.3, 0.4) is 0 Å². The fraction of sp³-hybridized carbons (Fsp3) is 0.435. The van der Waals surface area contributed by atoms with Gasteiger partial charge in [0.05, 0.1) is 35.5 Å². The van der Waals surface area contributed by atoms with E-state index in [1.165, 1.54) is 16.3 Å². The SMILES string of the molecule is C[C@@H]1OCC2(CCN(c3cnc(Sc4ccc5ccn(C)c(=O)c5c4Cl)cn3)CC2)[C@@H]1N. The summed E-state index contributed by atoms with van der Waals surface area (Å²) in [6, 6.07) is 5.81. The molecule has 168 valence electrons. The third-order valence-corrected chi connectivity index (χ3v) is 8.39. The van der Waals surface area contributed by atoms with Crippen LogP contribution in [0, 0.1) is 5.41 Å². The van der Waals surface area contributed by atoms with E-state index >= 15 is 0 Å². The molecule has 3 aromatic rings. The molecule has 0 unspecified atom stereocenters. The zero-order valence-electron chi connectivity index (χ0n) is 18.1. The number of nitrogens with two attached hydrogens (primary N) is 1. The average Bonchev–Trinajstić information content (AvgIpc) is 3.07. The molecule has 2 atom stereocenters. The maximum Gasteiger partial charge on any atom is 0.259 e. The van der Waals surface area contributed by atoms with Crippen LogP contribution in [0.2, 0.25) is 5.02 Å². The summed E-state index contributed by atoms with van der Waals surface area (Å²) < 4.78 is 7.35. The Morgan fingerprint density at radius 2 is 2.00 bits per heavy atom. The van der Waals surface area contributed by atoms with Crippen molar-refractivity contribution < 1.29 is 4.74 Å². The van der Waals surface area contributed by atoms with E-state index in [4.69, 9.17) is 22.1 Å². The van der Waals surface area contributed by atoms with Gasteiger partial charge in [-0.05, 0) is 37.3 Å². The highest BCUT2D eigenvalue weighted by Gasteiger charge is 2.47. The van der Waals surface area contributed by atoms with Crippen molar-refractivity contribution in [2.45, 2.75) is 41.8 Å². The Morgan fingerprint density at radius 3 is 2.66 bits per heavy atom. The molecule has 1 spiro atoms. The van der Waals surface area contributed by atoms with Crippen molar-refractivity contribution in [3.63, 3.8) is 0 Å². The van der Waals surface area contributed by atoms with Crippen LogP contribution in [0.1, 0.15) is 19.8 Å². The predicted octanol–water partition coefficient (Wildman–Crippen LogP) is 3.47. The molecule has 0 saturated carbocycles. The number of rotatable bonds is 3. The van der Waals surface area contributed by atoms with Crippen LogP contribution in [0.5, 0.6) is 0 Å². The van der Waals surface area contributed by atoms with Crippen molar-refractivity contribution in [2.24, 2.45) is 18.2 Å². The van der Waals surface area contributed by atoms with Gasteiger partial charge in [0, 0.05) is 42.7 Å². The number of anilines is 1. The summed E-state index contributed by atoms with van der Waals surface area (Å²) in [7, 11) is 1.72. The van der Waals surface area contributed by atoms with E-state index < -0.39 is 0 Å². The van der Waals surface area contributed by atoms with Gasteiger partial charge in [-0.25, -0.2) is 9.97 Å². The zero-order valence-corrected chi connectivity index (χ0v) is 19.7. The fourth-order valence-electron chi connectivity index (χ4n) is 4.74. The normalized spacial score (nSPS) is 22.7. The number of halogens is 1. The summed E-state index contributed by atoms with van der Waals surface area (Å²) >= 11 is 8.00. The summed E-state index contributed by atoms with van der Waals surface area (Å²) in [5.74, 6) is 0.864. The zero-order chi connectivity index (χ0) is 22.5. The number of aromatic nitrogens is 3. The van der Waals surface area contributed by atoms with Gasteiger partial charge in [-0.1, -0.05) is 29.4 Å². The molecule has 0 aliphatic carbocycles. The van der Waals surface area contributed by atoms with Crippen LogP contribution < -0.4 is 16.2 Å². The van der Waals surface area contributed by atoms with Gasteiger partial charge in [0.15, 0.2) is 0 Å². The number of hydrogen-bond donors (Lipinski definition) is 1. The van der Waals surface area contributed by atoms with Gasteiger partial charge in [0.25, 0.3) is 5.56 Å². The first kappa shape index (κ1) is 21.7. The lowest BCUT2D eigenvalue weighted by molar-refractivity contribution is 0.0974.